The fraction of sp³-hybridized carbons (Fsp3) is 0.562. The van der Waals surface area contributed by atoms with Crippen molar-refractivity contribution in [3.8, 4) is 0 Å². The quantitative estimate of drug-likeness (QED) is 0.910. The number of nitrogens with one attached hydrogen (secondary N) is 1. The Morgan fingerprint density at radius 3 is 2.86 bits per heavy atom. The summed E-state index contributed by atoms with van der Waals surface area (Å²) in [7, 11) is 0. The highest BCUT2D eigenvalue weighted by Crippen LogP contribution is 2.26. The van der Waals surface area contributed by atoms with Gasteiger partial charge in [-0.15, -0.1) is 0 Å². The zero-order chi connectivity index (χ0) is 15.0. The lowest BCUT2D eigenvalue weighted by molar-refractivity contribution is 0.114. The van der Waals surface area contributed by atoms with E-state index >= 15 is 0 Å². The third-order valence-corrected chi connectivity index (χ3v) is 4.22. The molecule has 5 nitrogen and oxygen atoms in total. The van der Waals surface area contributed by atoms with Gasteiger partial charge < -0.3 is 14.8 Å². The maximum atomic E-state index is 11.9. The van der Waals surface area contributed by atoms with Crippen LogP contribution in [0.25, 0.3) is 11.1 Å². The molecular formula is C16H22N2O3. The third-order valence-electron chi connectivity index (χ3n) is 4.22. The molecule has 1 aromatic heterocycles. The second-order valence-corrected chi connectivity index (χ2v) is 6.06. The Bertz CT molecular complexity index is 680. The highest BCUT2D eigenvalue weighted by molar-refractivity contribution is 5.74. The van der Waals surface area contributed by atoms with Gasteiger partial charge in [-0.1, -0.05) is 12.5 Å². The van der Waals surface area contributed by atoms with E-state index in [2.05, 4.69) is 5.32 Å². The summed E-state index contributed by atoms with van der Waals surface area (Å²) in [4.78, 5) is 11.9. The van der Waals surface area contributed by atoms with Gasteiger partial charge in [-0.2, -0.15) is 0 Å². The maximum absolute atomic E-state index is 11.9. The molecule has 1 saturated heterocycles. The van der Waals surface area contributed by atoms with Crippen molar-refractivity contribution < 1.29 is 9.52 Å². The zero-order valence-corrected chi connectivity index (χ0v) is 12.5. The van der Waals surface area contributed by atoms with Gasteiger partial charge >= 0.3 is 5.76 Å². The molecule has 0 saturated carbocycles. The number of oxazole rings is 1. The van der Waals surface area contributed by atoms with Gasteiger partial charge in [0, 0.05) is 12.1 Å². The van der Waals surface area contributed by atoms with E-state index in [1.54, 1.807) is 10.6 Å². The maximum Gasteiger partial charge on any atom is 0.420 e. The van der Waals surface area contributed by atoms with Crippen molar-refractivity contribution in [1.29, 1.82) is 0 Å². The van der Waals surface area contributed by atoms with E-state index in [0.717, 1.165) is 36.9 Å². The molecule has 0 spiro atoms. The first-order valence-electron chi connectivity index (χ1n) is 7.64. The molecule has 3 rings (SSSR count). The minimum absolute atomic E-state index is 0.0505. The van der Waals surface area contributed by atoms with Crippen LogP contribution in [-0.4, -0.2) is 22.3 Å². The number of aromatic nitrogens is 1. The van der Waals surface area contributed by atoms with Crippen LogP contribution in [0, 0.1) is 0 Å². The van der Waals surface area contributed by atoms with Gasteiger partial charge in [-0.3, -0.25) is 4.57 Å². The number of nitrogens with zero attached hydrogens (tertiary/aromatic N) is 1. The van der Waals surface area contributed by atoms with Crippen LogP contribution < -0.4 is 11.1 Å². The second kappa shape index (κ2) is 5.66. The van der Waals surface area contributed by atoms with Gasteiger partial charge in [0.2, 0.25) is 0 Å². The second-order valence-electron chi connectivity index (χ2n) is 6.06. The average molecular weight is 290 g/mol. The highest BCUT2D eigenvalue weighted by atomic mass is 16.4. The molecule has 5 heteroatoms. The predicted octanol–water partition coefficient (Wildman–Crippen LogP) is 2.35. The summed E-state index contributed by atoms with van der Waals surface area (Å²) in [6, 6.07) is 5.67. The van der Waals surface area contributed by atoms with Gasteiger partial charge in [0.15, 0.2) is 5.58 Å². The first kappa shape index (κ1) is 14.4. The molecule has 0 bridgehead atoms. The molecule has 0 radical (unpaired) electrons. The monoisotopic (exact) mass is 290 g/mol. The summed E-state index contributed by atoms with van der Waals surface area (Å²) in [6.45, 7) is 4.85. The van der Waals surface area contributed by atoms with Crippen LogP contribution in [0.5, 0.6) is 0 Å². The molecule has 2 unspecified atom stereocenters. The number of fused-ring (bicyclic) bond motifs is 1. The molecular weight excluding hydrogens is 268 g/mol. The highest BCUT2D eigenvalue weighted by Gasteiger charge is 2.23. The first-order valence-corrected chi connectivity index (χ1v) is 7.64. The Kier molecular flexibility index (Phi) is 3.87. The smallest absolute Gasteiger partial charge is 0.408 e. The molecule has 1 aliphatic heterocycles. The normalized spacial score (nSPS) is 21.0. The van der Waals surface area contributed by atoms with Crippen LogP contribution >= 0.6 is 0 Å². The third kappa shape index (κ3) is 2.63. The minimum atomic E-state index is -0.567. The largest absolute Gasteiger partial charge is 0.420 e. The molecule has 1 aliphatic rings. The lowest BCUT2D eigenvalue weighted by Crippen LogP contribution is -2.38. The Balaban J connectivity index is 1.96. The van der Waals surface area contributed by atoms with E-state index in [-0.39, 0.29) is 17.8 Å². The molecule has 2 N–H and O–H groups in total. The van der Waals surface area contributed by atoms with Gasteiger partial charge in [0.05, 0.1) is 11.6 Å². The zero-order valence-electron chi connectivity index (χ0n) is 12.5. The summed E-state index contributed by atoms with van der Waals surface area (Å²) in [6.07, 6.45) is 2.70. The van der Waals surface area contributed by atoms with E-state index in [4.69, 9.17) is 4.42 Å². The van der Waals surface area contributed by atoms with Crippen molar-refractivity contribution in [2.75, 3.05) is 6.54 Å². The van der Waals surface area contributed by atoms with Crippen molar-refractivity contribution in [1.82, 2.24) is 9.88 Å². The fourth-order valence-electron chi connectivity index (χ4n) is 3.11. The SMILES string of the molecule is CC(C)n1c(=O)oc2cc(C(O)C3CCCCN3)ccc21. The molecule has 1 aromatic carbocycles. The van der Waals surface area contributed by atoms with Crippen LogP contribution in [0.15, 0.2) is 27.4 Å². The molecule has 0 aliphatic carbocycles. The number of rotatable bonds is 3. The van der Waals surface area contributed by atoms with Crippen molar-refractivity contribution in [2.45, 2.75) is 51.3 Å². The molecule has 0 amide bonds. The summed E-state index contributed by atoms with van der Waals surface area (Å²) < 4.78 is 6.94. The fourth-order valence-corrected chi connectivity index (χ4v) is 3.11. The number of aliphatic hydroxyl groups excluding tert-OH is 1. The van der Waals surface area contributed by atoms with E-state index in [0.29, 0.717) is 5.58 Å². The van der Waals surface area contributed by atoms with Gasteiger partial charge in [0.25, 0.3) is 0 Å². The molecule has 2 atom stereocenters. The van der Waals surface area contributed by atoms with E-state index < -0.39 is 6.10 Å². The Labute approximate surface area is 123 Å². The van der Waals surface area contributed by atoms with Crippen molar-refractivity contribution in [2.24, 2.45) is 0 Å². The summed E-state index contributed by atoms with van der Waals surface area (Å²) >= 11 is 0. The molecule has 114 valence electrons. The van der Waals surface area contributed by atoms with Gasteiger partial charge in [-0.05, 0) is 50.9 Å². The summed E-state index contributed by atoms with van der Waals surface area (Å²) in [5.74, 6) is -0.345. The van der Waals surface area contributed by atoms with Crippen LogP contribution in [-0.2, 0) is 0 Å². The number of benzene rings is 1. The summed E-state index contributed by atoms with van der Waals surface area (Å²) in [5.41, 5.74) is 2.12. The Morgan fingerprint density at radius 2 is 2.19 bits per heavy atom. The number of aliphatic hydroxyl groups is 1. The lowest BCUT2D eigenvalue weighted by atomic mass is 9.95. The van der Waals surface area contributed by atoms with Gasteiger partial charge in [-0.25, -0.2) is 4.79 Å². The van der Waals surface area contributed by atoms with Crippen LogP contribution in [0.2, 0.25) is 0 Å². The average Bonchev–Trinajstić information content (AvgIpc) is 2.82. The van der Waals surface area contributed by atoms with E-state index in [1.807, 2.05) is 26.0 Å². The minimum Gasteiger partial charge on any atom is -0.408 e. The van der Waals surface area contributed by atoms with Crippen molar-refractivity contribution in [3.63, 3.8) is 0 Å². The Morgan fingerprint density at radius 1 is 1.38 bits per heavy atom. The number of hydrogen-bond donors (Lipinski definition) is 2. The molecule has 2 heterocycles. The van der Waals surface area contributed by atoms with Crippen LogP contribution in [0.1, 0.15) is 50.8 Å². The van der Waals surface area contributed by atoms with Crippen molar-refractivity contribution in [3.05, 3.63) is 34.3 Å². The van der Waals surface area contributed by atoms with Crippen molar-refractivity contribution >= 4 is 11.1 Å². The number of hydrogen-bond acceptors (Lipinski definition) is 4. The Hall–Kier alpha value is -1.59. The first-order chi connectivity index (χ1) is 10.1. The molecule has 1 fully saturated rings. The van der Waals surface area contributed by atoms with E-state index in [9.17, 15) is 9.90 Å². The van der Waals surface area contributed by atoms with Crippen LogP contribution in [0.3, 0.4) is 0 Å². The van der Waals surface area contributed by atoms with Gasteiger partial charge in [0.1, 0.15) is 0 Å². The lowest BCUT2D eigenvalue weighted by Gasteiger charge is -2.28. The van der Waals surface area contributed by atoms with E-state index in [1.165, 1.54) is 0 Å². The summed E-state index contributed by atoms with van der Waals surface area (Å²) in [5, 5.41) is 13.9. The molecule has 2 aromatic rings. The van der Waals surface area contributed by atoms with Crippen LogP contribution in [0.4, 0.5) is 0 Å². The standard InChI is InChI=1S/C16H22N2O3/c1-10(2)18-13-7-6-11(9-14(13)21-16(18)20)15(19)12-5-3-4-8-17-12/h6-7,9-10,12,15,17,19H,3-5,8H2,1-2H3. The number of piperidine rings is 1. The topological polar surface area (TPSA) is 67.4 Å². The molecule has 21 heavy (non-hydrogen) atoms. The predicted molar refractivity (Wildman–Crippen MR) is 81.5 cm³/mol.